The summed E-state index contributed by atoms with van der Waals surface area (Å²) in [5.74, 6) is -0.128. The number of rotatable bonds is 6. The van der Waals surface area contributed by atoms with Crippen LogP contribution in [0.2, 0.25) is 0 Å². The molecular weight excluding hydrogens is 462 g/mol. The minimum Gasteiger partial charge on any atom is -0.484 e. The Balaban J connectivity index is 1.28. The van der Waals surface area contributed by atoms with Gasteiger partial charge in [-0.05, 0) is 46.7 Å². The molecule has 0 bridgehead atoms. The van der Waals surface area contributed by atoms with Gasteiger partial charge in [-0.1, -0.05) is 72.8 Å². The molecule has 0 saturated carbocycles. The fraction of sp³-hybridized carbons (Fsp3) is 0.111. The molecule has 0 radical (unpaired) electrons. The van der Waals surface area contributed by atoms with E-state index in [2.05, 4.69) is 10.4 Å². The topological polar surface area (TPSA) is 88.1 Å². The SMILES string of the molecule is O=C1NC(=O)/C(=C\c2ccc(OCC(=O)N3N=C(c4ccccc4)CC3c3ccccc3)cc2)S1. The molecule has 1 N–H and O–H groups in total. The minimum atomic E-state index is -0.403. The smallest absolute Gasteiger partial charge is 0.290 e. The fourth-order valence-electron chi connectivity index (χ4n) is 3.92. The number of hydrogen-bond donors (Lipinski definition) is 1. The number of amides is 3. The van der Waals surface area contributed by atoms with E-state index in [1.165, 1.54) is 5.01 Å². The molecule has 2 heterocycles. The van der Waals surface area contributed by atoms with Gasteiger partial charge in [-0.25, -0.2) is 5.01 Å². The van der Waals surface area contributed by atoms with Gasteiger partial charge in [0.05, 0.1) is 16.7 Å². The lowest BCUT2D eigenvalue weighted by atomic mass is 9.98. The molecule has 2 aliphatic heterocycles. The van der Waals surface area contributed by atoms with Crippen molar-refractivity contribution in [2.45, 2.75) is 12.5 Å². The molecule has 35 heavy (non-hydrogen) atoms. The predicted octanol–water partition coefficient (Wildman–Crippen LogP) is 4.77. The van der Waals surface area contributed by atoms with Crippen molar-refractivity contribution in [1.29, 1.82) is 0 Å². The number of nitrogens with one attached hydrogen (secondary N) is 1. The van der Waals surface area contributed by atoms with Crippen molar-refractivity contribution in [2.75, 3.05) is 6.61 Å². The van der Waals surface area contributed by atoms with Gasteiger partial charge in [-0.15, -0.1) is 0 Å². The fourth-order valence-corrected chi connectivity index (χ4v) is 4.61. The number of carbonyl (C=O) groups excluding carboxylic acids is 3. The molecule has 7 nitrogen and oxygen atoms in total. The Morgan fingerprint density at radius 2 is 1.69 bits per heavy atom. The third kappa shape index (κ3) is 5.17. The summed E-state index contributed by atoms with van der Waals surface area (Å²) in [5, 5.41) is 8.02. The van der Waals surface area contributed by atoms with Crippen LogP contribution in [-0.4, -0.2) is 34.4 Å². The first-order valence-corrected chi connectivity index (χ1v) is 11.9. The van der Waals surface area contributed by atoms with Crippen molar-refractivity contribution in [3.8, 4) is 5.75 Å². The average Bonchev–Trinajstić information content (AvgIpc) is 3.47. The average molecular weight is 484 g/mol. The lowest BCUT2D eigenvalue weighted by Crippen LogP contribution is -2.31. The minimum absolute atomic E-state index is 0.165. The van der Waals surface area contributed by atoms with Gasteiger partial charge in [0, 0.05) is 6.42 Å². The van der Waals surface area contributed by atoms with Crippen LogP contribution in [0.15, 0.2) is 94.9 Å². The monoisotopic (exact) mass is 483 g/mol. The summed E-state index contributed by atoms with van der Waals surface area (Å²) in [6.07, 6.45) is 2.26. The second-order valence-electron chi connectivity index (χ2n) is 7.99. The molecule has 0 aromatic heterocycles. The third-order valence-electron chi connectivity index (χ3n) is 5.64. The second kappa shape index (κ2) is 9.99. The Labute approximate surface area is 206 Å². The number of imide groups is 1. The molecule has 3 amide bonds. The highest BCUT2D eigenvalue weighted by atomic mass is 32.2. The van der Waals surface area contributed by atoms with E-state index in [0.717, 1.165) is 34.2 Å². The number of hydrogen-bond acceptors (Lipinski definition) is 6. The van der Waals surface area contributed by atoms with Crippen LogP contribution in [0.1, 0.15) is 29.2 Å². The summed E-state index contributed by atoms with van der Waals surface area (Å²) in [6, 6.07) is 26.5. The van der Waals surface area contributed by atoms with Crippen molar-refractivity contribution in [1.82, 2.24) is 10.3 Å². The van der Waals surface area contributed by atoms with Crippen LogP contribution in [0, 0.1) is 0 Å². The summed E-state index contributed by atoms with van der Waals surface area (Å²) in [4.78, 5) is 36.5. The van der Waals surface area contributed by atoms with Crippen LogP contribution in [0.3, 0.4) is 0 Å². The number of carbonyl (C=O) groups is 3. The Hall–Kier alpha value is -4.17. The van der Waals surface area contributed by atoms with Crippen molar-refractivity contribution in [2.24, 2.45) is 5.10 Å². The Morgan fingerprint density at radius 1 is 1.00 bits per heavy atom. The molecule has 1 atom stereocenters. The molecule has 3 aromatic rings. The quantitative estimate of drug-likeness (QED) is 0.511. The molecule has 0 spiro atoms. The molecule has 3 aromatic carbocycles. The van der Waals surface area contributed by atoms with Crippen LogP contribution in [-0.2, 0) is 9.59 Å². The lowest BCUT2D eigenvalue weighted by Gasteiger charge is -2.22. The van der Waals surface area contributed by atoms with Gasteiger partial charge in [0.1, 0.15) is 5.75 Å². The highest BCUT2D eigenvalue weighted by Crippen LogP contribution is 2.33. The molecule has 8 heteroatoms. The molecule has 5 rings (SSSR count). The molecule has 0 aliphatic carbocycles. The maximum atomic E-state index is 13.1. The predicted molar refractivity (Wildman–Crippen MR) is 135 cm³/mol. The first-order valence-electron chi connectivity index (χ1n) is 11.0. The zero-order valence-electron chi connectivity index (χ0n) is 18.6. The van der Waals surface area contributed by atoms with Gasteiger partial charge in [0.2, 0.25) is 0 Å². The lowest BCUT2D eigenvalue weighted by molar-refractivity contribution is -0.135. The molecule has 1 saturated heterocycles. The Morgan fingerprint density at radius 3 is 2.34 bits per heavy atom. The van der Waals surface area contributed by atoms with Crippen LogP contribution in [0.4, 0.5) is 4.79 Å². The van der Waals surface area contributed by atoms with Gasteiger partial charge < -0.3 is 4.74 Å². The van der Waals surface area contributed by atoms with Gasteiger partial charge in [-0.2, -0.15) is 5.10 Å². The van der Waals surface area contributed by atoms with Gasteiger partial charge in [0.25, 0.3) is 17.1 Å². The molecule has 1 unspecified atom stereocenters. The van der Waals surface area contributed by atoms with Gasteiger partial charge in [-0.3, -0.25) is 19.7 Å². The van der Waals surface area contributed by atoms with Gasteiger partial charge in [0.15, 0.2) is 6.61 Å². The van der Waals surface area contributed by atoms with Gasteiger partial charge >= 0.3 is 0 Å². The van der Waals surface area contributed by atoms with Crippen molar-refractivity contribution >= 4 is 40.6 Å². The molecule has 174 valence electrons. The highest BCUT2D eigenvalue weighted by molar-refractivity contribution is 8.18. The second-order valence-corrected chi connectivity index (χ2v) is 9.01. The maximum absolute atomic E-state index is 13.1. The number of nitrogens with zero attached hydrogens (tertiary/aromatic N) is 2. The Bertz CT molecular complexity index is 1320. The molecule has 2 aliphatic rings. The zero-order valence-corrected chi connectivity index (χ0v) is 19.4. The summed E-state index contributed by atoms with van der Waals surface area (Å²) in [7, 11) is 0. The van der Waals surface area contributed by atoms with Crippen LogP contribution in [0.25, 0.3) is 6.08 Å². The van der Waals surface area contributed by atoms with Crippen molar-refractivity contribution in [3.63, 3.8) is 0 Å². The summed E-state index contributed by atoms with van der Waals surface area (Å²) >= 11 is 0.865. The van der Waals surface area contributed by atoms with E-state index in [1.807, 2.05) is 60.7 Å². The highest BCUT2D eigenvalue weighted by Gasteiger charge is 2.33. The van der Waals surface area contributed by atoms with E-state index >= 15 is 0 Å². The van der Waals surface area contributed by atoms with E-state index in [4.69, 9.17) is 4.74 Å². The standard InChI is InChI=1S/C27H21N3O4S/c31-25(17-34-21-13-11-18(12-14-21)15-24-26(32)28-27(33)35-24)30-23(20-9-5-2-6-10-20)16-22(29-30)19-7-3-1-4-8-19/h1-15,23H,16-17H2,(H,28,32,33)/b24-15+. The van der Waals surface area contributed by atoms with E-state index in [-0.39, 0.29) is 23.8 Å². The van der Waals surface area contributed by atoms with E-state index in [0.29, 0.717) is 17.1 Å². The number of thioether (sulfide) groups is 1. The van der Waals surface area contributed by atoms with Crippen LogP contribution in [0.5, 0.6) is 5.75 Å². The number of hydrazone groups is 1. The summed E-state index contributed by atoms with van der Waals surface area (Å²) in [5.41, 5.74) is 3.61. The summed E-state index contributed by atoms with van der Waals surface area (Å²) < 4.78 is 5.75. The van der Waals surface area contributed by atoms with E-state index in [1.54, 1.807) is 30.3 Å². The van der Waals surface area contributed by atoms with Crippen LogP contribution >= 0.6 is 11.8 Å². The zero-order chi connectivity index (χ0) is 24.2. The molecular formula is C27H21N3O4S. The largest absolute Gasteiger partial charge is 0.484 e. The summed E-state index contributed by atoms with van der Waals surface area (Å²) in [6.45, 7) is -0.165. The first-order chi connectivity index (χ1) is 17.1. The third-order valence-corrected chi connectivity index (χ3v) is 6.45. The van der Waals surface area contributed by atoms with E-state index in [9.17, 15) is 14.4 Å². The maximum Gasteiger partial charge on any atom is 0.290 e. The van der Waals surface area contributed by atoms with Crippen molar-refractivity contribution in [3.05, 3.63) is 107 Å². The van der Waals surface area contributed by atoms with Crippen LogP contribution < -0.4 is 10.1 Å². The number of benzene rings is 3. The normalized spacial score (nSPS) is 18.5. The molecule has 1 fully saturated rings. The Kier molecular flexibility index (Phi) is 6.45. The van der Waals surface area contributed by atoms with Crippen molar-refractivity contribution < 1.29 is 19.1 Å². The number of ether oxygens (including phenoxy) is 1. The van der Waals surface area contributed by atoms with E-state index < -0.39 is 5.91 Å². The first kappa shape index (κ1) is 22.6.